The maximum Gasteiger partial charge on any atom is 0.416 e. The Morgan fingerprint density at radius 3 is 2.26 bits per heavy atom. The largest absolute Gasteiger partial charge is 0.486 e. The average Bonchev–Trinajstić information content (AvgIpc) is 3.14. The number of carbonyl (C=O) groups is 2. The molecule has 2 aliphatic rings. The molecule has 11 heteroatoms. The van der Waals surface area contributed by atoms with Crippen molar-refractivity contribution in [3.63, 3.8) is 0 Å². The van der Waals surface area contributed by atoms with Crippen molar-refractivity contribution in [1.82, 2.24) is 19.8 Å². The molecule has 1 saturated heterocycles. The second-order valence-corrected chi connectivity index (χ2v) is 9.45. The Hall–Kier alpha value is -3.99. The zero-order chi connectivity index (χ0) is 27.0. The van der Waals surface area contributed by atoms with Crippen LogP contribution in [0, 0.1) is 6.92 Å². The predicted octanol–water partition coefficient (Wildman–Crippen LogP) is 3.80. The van der Waals surface area contributed by atoms with Gasteiger partial charge in [0.25, 0.3) is 11.8 Å². The molecule has 38 heavy (non-hydrogen) atoms. The lowest BCUT2D eigenvalue weighted by atomic mass is 10.0. The molecule has 0 saturated carbocycles. The highest BCUT2D eigenvalue weighted by molar-refractivity contribution is 6.21. The number of fused-ring (bicyclic) bond motifs is 1. The van der Waals surface area contributed by atoms with Crippen LogP contribution in [-0.4, -0.2) is 70.9 Å². The predicted molar refractivity (Wildman–Crippen MR) is 133 cm³/mol. The zero-order valence-electron chi connectivity index (χ0n) is 20.9. The Labute approximate surface area is 217 Å². The number of piperazine rings is 1. The molecule has 0 aliphatic carbocycles. The van der Waals surface area contributed by atoms with Crippen LogP contribution in [0.3, 0.4) is 0 Å². The molecular formula is C27H26F3N5O3. The van der Waals surface area contributed by atoms with E-state index < -0.39 is 11.7 Å². The van der Waals surface area contributed by atoms with Crippen molar-refractivity contribution in [3.8, 4) is 5.75 Å². The van der Waals surface area contributed by atoms with Gasteiger partial charge < -0.3 is 9.64 Å². The normalized spacial score (nSPS) is 18.2. The van der Waals surface area contributed by atoms with E-state index in [0.29, 0.717) is 42.3 Å². The molecule has 0 unspecified atom stereocenters. The van der Waals surface area contributed by atoms with Crippen LogP contribution >= 0.6 is 0 Å². The van der Waals surface area contributed by atoms with Gasteiger partial charge in [-0.15, -0.1) is 0 Å². The van der Waals surface area contributed by atoms with Gasteiger partial charge in [-0.05, 0) is 37.7 Å². The van der Waals surface area contributed by atoms with E-state index in [1.807, 2.05) is 11.9 Å². The van der Waals surface area contributed by atoms with E-state index in [9.17, 15) is 22.8 Å². The van der Waals surface area contributed by atoms with Crippen LogP contribution in [0.4, 0.5) is 19.1 Å². The number of likely N-dealkylation sites (N-methyl/N-ethyl adjacent to an activating group) is 1. The quantitative estimate of drug-likeness (QED) is 0.453. The Morgan fingerprint density at radius 2 is 1.63 bits per heavy atom. The van der Waals surface area contributed by atoms with E-state index in [-0.39, 0.29) is 42.3 Å². The highest BCUT2D eigenvalue weighted by atomic mass is 19.4. The van der Waals surface area contributed by atoms with Crippen molar-refractivity contribution < 1.29 is 27.5 Å². The Balaban J connectivity index is 1.24. The lowest BCUT2D eigenvalue weighted by molar-refractivity contribution is -0.138. The third-order valence-corrected chi connectivity index (χ3v) is 7.04. The van der Waals surface area contributed by atoms with E-state index in [0.717, 1.165) is 6.07 Å². The first-order valence-electron chi connectivity index (χ1n) is 12.1. The van der Waals surface area contributed by atoms with E-state index >= 15 is 0 Å². The second-order valence-electron chi connectivity index (χ2n) is 9.45. The van der Waals surface area contributed by atoms with Gasteiger partial charge >= 0.3 is 6.18 Å². The minimum atomic E-state index is -4.48. The van der Waals surface area contributed by atoms with Crippen LogP contribution in [-0.2, 0) is 12.8 Å². The van der Waals surface area contributed by atoms with Crippen LogP contribution in [0.1, 0.15) is 37.4 Å². The second kappa shape index (κ2) is 10.1. The molecule has 1 fully saturated rings. The minimum absolute atomic E-state index is 0.0687. The molecule has 1 atom stereocenters. The summed E-state index contributed by atoms with van der Waals surface area (Å²) < 4.78 is 45.7. The van der Waals surface area contributed by atoms with Crippen LogP contribution in [0.15, 0.2) is 54.9 Å². The van der Waals surface area contributed by atoms with E-state index in [1.165, 1.54) is 23.4 Å². The van der Waals surface area contributed by atoms with Gasteiger partial charge in [-0.25, -0.2) is 9.97 Å². The first-order valence-corrected chi connectivity index (χ1v) is 12.1. The van der Waals surface area contributed by atoms with E-state index in [2.05, 4.69) is 14.9 Å². The standard InChI is InChI=1S/C27H26F3N5O3/c1-17-6-5-9-23(27(28,29)30)22(17)16-38-19-12-31-26(32-13-19)34-11-10-33(2)18(14-34)15-35-24(36)20-7-3-4-8-21(20)25(35)37/h3-9,12-13,18H,10-11,14-16H2,1-2H3/t18-/m1/s1. The zero-order valence-corrected chi connectivity index (χ0v) is 20.9. The van der Waals surface area contributed by atoms with Crippen molar-refractivity contribution in [1.29, 1.82) is 0 Å². The minimum Gasteiger partial charge on any atom is -0.486 e. The molecule has 198 valence electrons. The van der Waals surface area contributed by atoms with Gasteiger partial charge in [0, 0.05) is 37.8 Å². The summed E-state index contributed by atoms with van der Waals surface area (Å²) in [4.78, 5) is 39.7. The summed E-state index contributed by atoms with van der Waals surface area (Å²) in [5, 5.41) is 0. The van der Waals surface area contributed by atoms with Crippen molar-refractivity contribution in [2.45, 2.75) is 25.7 Å². The number of carbonyl (C=O) groups excluding carboxylic acids is 2. The lowest BCUT2D eigenvalue weighted by Gasteiger charge is -2.40. The Bertz CT molecular complexity index is 1330. The van der Waals surface area contributed by atoms with Gasteiger partial charge in [0.15, 0.2) is 5.75 Å². The van der Waals surface area contributed by atoms with Gasteiger partial charge in [0.05, 0.1) is 29.1 Å². The molecule has 0 spiro atoms. The van der Waals surface area contributed by atoms with E-state index in [1.54, 1.807) is 37.3 Å². The maximum atomic E-state index is 13.4. The molecule has 2 amide bonds. The fourth-order valence-corrected chi connectivity index (χ4v) is 4.80. The first kappa shape index (κ1) is 25.7. The van der Waals surface area contributed by atoms with Gasteiger partial charge in [-0.3, -0.25) is 19.4 Å². The highest BCUT2D eigenvalue weighted by Crippen LogP contribution is 2.34. The number of hydrogen-bond acceptors (Lipinski definition) is 7. The van der Waals surface area contributed by atoms with Gasteiger partial charge in [0.2, 0.25) is 5.95 Å². The fraction of sp³-hybridized carbons (Fsp3) is 0.333. The van der Waals surface area contributed by atoms with Crippen molar-refractivity contribution in [2.24, 2.45) is 0 Å². The van der Waals surface area contributed by atoms with Crippen molar-refractivity contribution in [3.05, 3.63) is 82.7 Å². The molecular weight excluding hydrogens is 499 g/mol. The van der Waals surface area contributed by atoms with E-state index in [4.69, 9.17) is 4.74 Å². The molecule has 0 bridgehead atoms. The summed E-state index contributed by atoms with van der Waals surface area (Å²) in [6.45, 7) is 3.37. The molecule has 0 N–H and O–H groups in total. The summed E-state index contributed by atoms with van der Waals surface area (Å²) in [6, 6.07) is 10.7. The number of nitrogens with zero attached hydrogens (tertiary/aromatic N) is 5. The summed E-state index contributed by atoms with van der Waals surface area (Å²) in [6.07, 6.45) is -1.60. The molecule has 8 nitrogen and oxygen atoms in total. The first-order chi connectivity index (χ1) is 18.1. The molecule has 2 aliphatic heterocycles. The number of anilines is 1. The third kappa shape index (κ3) is 4.93. The number of alkyl halides is 3. The molecule has 5 rings (SSSR count). The number of aryl methyl sites for hydroxylation is 1. The topological polar surface area (TPSA) is 78.9 Å². The summed E-state index contributed by atoms with van der Waals surface area (Å²) in [5.74, 6) is 0.0962. The number of benzene rings is 2. The van der Waals surface area contributed by atoms with Crippen LogP contribution in [0.25, 0.3) is 0 Å². The molecule has 3 aromatic rings. The molecule has 0 radical (unpaired) electrons. The summed E-state index contributed by atoms with van der Waals surface area (Å²) >= 11 is 0. The smallest absolute Gasteiger partial charge is 0.416 e. The number of ether oxygens (including phenoxy) is 1. The lowest BCUT2D eigenvalue weighted by Crippen LogP contribution is -2.56. The SMILES string of the molecule is Cc1cccc(C(F)(F)F)c1COc1cnc(N2CCN(C)[C@@H](CN3C(=O)c4ccccc4C3=O)C2)nc1. The monoisotopic (exact) mass is 525 g/mol. The number of halogens is 3. The van der Waals surface area contributed by atoms with Gasteiger partial charge in [0.1, 0.15) is 6.61 Å². The van der Waals surface area contributed by atoms with Crippen molar-refractivity contribution in [2.75, 3.05) is 38.1 Å². The third-order valence-electron chi connectivity index (χ3n) is 7.04. The van der Waals surface area contributed by atoms with Crippen molar-refractivity contribution >= 4 is 17.8 Å². The average molecular weight is 526 g/mol. The van der Waals surface area contributed by atoms with Crippen LogP contribution in [0.5, 0.6) is 5.75 Å². The number of amides is 2. The number of aromatic nitrogens is 2. The summed E-state index contributed by atoms with van der Waals surface area (Å²) in [5.41, 5.74) is 0.661. The fourth-order valence-electron chi connectivity index (χ4n) is 4.80. The highest BCUT2D eigenvalue weighted by Gasteiger charge is 2.38. The number of rotatable bonds is 6. The Kier molecular flexibility index (Phi) is 6.78. The van der Waals surface area contributed by atoms with Gasteiger partial charge in [-0.2, -0.15) is 13.2 Å². The molecule has 2 aromatic carbocycles. The molecule has 1 aromatic heterocycles. The Morgan fingerprint density at radius 1 is 0.974 bits per heavy atom. The van der Waals surface area contributed by atoms with Crippen LogP contribution < -0.4 is 9.64 Å². The number of imide groups is 1. The maximum absolute atomic E-state index is 13.4. The number of hydrogen-bond donors (Lipinski definition) is 0. The molecule has 3 heterocycles. The summed E-state index contributed by atoms with van der Waals surface area (Å²) in [7, 11) is 1.94. The van der Waals surface area contributed by atoms with Gasteiger partial charge in [-0.1, -0.05) is 24.3 Å². The van der Waals surface area contributed by atoms with Crippen LogP contribution in [0.2, 0.25) is 0 Å².